The van der Waals surface area contributed by atoms with Gasteiger partial charge in [-0.1, -0.05) is 34.1 Å². The van der Waals surface area contributed by atoms with Crippen molar-refractivity contribution in [3.63, 3.8) is 0 Å². The van der Waals surface area contributed by atoms with E-state index in [1.807, 2.05) is 0 Å². The van der Waals surface area contributed by atoms with Gasteiger partial charge in [0, 0.05) is 6.42 Å². The molecular weight excluding hydrogens is 490 g/mol. The average molecular weight is 532 g/mol. The van der Waals surface area contributed by atoms with Crippen LogP contribution >= 0.6 is 0 Å². The van der Waals surface area contributed by atoms with E-state index in [9.17, 15) is 39.0 Å². The van der Waals surface area contributed by atoms with Gasteiger partial charge in [0.15, 0.2) is 0 Å². The zero-order chi connectivity index (χ0) is 28.9. The Morgan fingerprint density at radius 3 is 1.76 bits per heavy atom. The number of carboxylic acid groups (broad SMARTS) is 2. The maximum atomic E-state index is 13.1. The van der Waals surface area contributed by atoms with Crippen LogP contribution in [0.25, 0.3) is 0 Å². The summed E-state index contributed by atoms with van der Waals surface area (Å²) in [5.41, 5.74) is 5.26. The molecular formula is C23H41N5O9. The molecule has 0 heterocycles. The molecule has 0 saturated heterocycles. The van der Waals surface area contributed by atoms with Crippen molar-refractivity contribution in [3.8, 4) is 0 Å². The molecule has 9 N–H and O–H groups in total. The Bertz CT molecular complexity index is 818. The fraction of sp³-hybridized carbons (Fsp3) is 0.739. The first-order chi connectivity index (χ1) is 17.1. The number of carboxylic acids is 2. The van der Waals surface area contributed by atoms with Crippen molar-refractivity contribution in [3.05, 3.63) is 0 Å². The van der Waals surface area contributed by atoms with Crippen LogP contribution in [0.1, 0.15) is 60.3 Å². The monoisotopic (exact) mass is 531 g/mol. The highest BCUT2D eigenvalue weighted by Crippen LogP contribution is 2.10. The molecule has 0 unspecified atom stereocenters. The summed E-state index contributed by atoms with van der Waals surface area (Å²) in [7, 11) is 0. The first-order valence-corrected chi connectivity index (χ1v) is 12.2. The fourth-order valence-electron chi connectivity index (χ4n) is 3.35. The standard InChI is InChI=1S/C23H41N5O9/c1-6-12(4)18(23(36)37)27-22(35)19(13(5)29)28-21(34)15(9-11(2)3)26-20(33)14(7-8-17(31)32)25-16(30)10-24/h11-15,18-19,29H,6-10,24H2,1-5H3,(H,25,30)(H,26,33)(H,27,35)(H,28,34)(H,31,32)(H,36,37)/t12-,13+,14-,15-,18-,19-/m0/s1. The lowest BCUT2D eigenvalue weighted by molar-refractivity contribution is -0.144. The number of carbonyl (C=O) groups is 6. The smallest absolute Gasteiger partial charge is 0.326 e. The zero-order valence-corrected chi connectivity index (χ0v) is 21.9. The molecule has 14 nitrogen and oxygen atoms in total. The molecule has 6 atom stereocenters. The predicted octanol–water partition coefficient (Wildman–Crippen LogP) is -1.69. The summed E-state index contributed by atoms with van der Waals surface area (Å²) in [4.78, 5) is 72.9. The lowest BCUT2D eigenvalue weighted by Gasteiger charge is -2.28. The molecule has 4 amide bonds. The molecule has 0 aromatic rings. The minimum atomic E-state index is -1.52. The molecule has 37 heavy (non-hydrogen) atoms. The van der Waals surface area contributed by atoms with Gasteiger partial charge >= 0.3 is 11.9 Å². The van der Waals surface area contributed by atoms with Gasteiger partial charge in [-0.3, -0.25) is 24.0 Å². The molecule has 0 spiro atoms. The van der Waals surface area contributed by atoms with Crippen molar-refractivity contribution in [1.29, 1.82) is 0 Å². The number of amides is 4. The first kappa shape index (κ1) is 33.7. The number of aliphatic carboxylic acids is 2. The normalized spacial score (nSPS) is 15.9. The Morgan fingerprint density at radius 2 is 1.32 bits per heavy atom. The molecule has 0 fully saturated rings. The van der Waals surface area contributed by atoms with Crippen LogP contribution in [0.15, 0.2) is 0 Å². The van der Waals surface area contributed by atoms with E-state index in [4.69, 9.17) is 10.8 Å². The Labute approximate surface area is 216 Å². The van der Waals surface area contributed by atoms with Crippen LogP contribution in [0.2, 0.25) is 0 Å². The van der Waals surface area contributed by atoms with Gasteiger partial charge in [-0.05, 0) is 31.6 Å². The maximum absolute atomic E-state index is 13.1. The number of carbonyl (C=O) groups excluding carboxylic acids is 4. The maximum Gasteiger partial charge on any atom is 0.326 e. The van der Waals surface area contributed by atoms with E-state index < -0.39 is 84.7 Å². The van der Waals surface area contributed by atoms with Crippen LogP contribution in [-0.4, -0.2) is 87.7 Å². The van der Waals surface area contributed by atoms with Gasteiger partial charge in [0.2, 0.25) is 23.6 Å². The number of rotatable bonds is 17. The van der Waals surface area contributed by atoms with Crippen molar-refractivity contribution in [2.45, 2.75) is 90.6 Å². The van der Waals surface area contributed by atoms with E-state index in [1.54, 1.807) is 27.7 Å². The zero-order valence-electron chi connectivity index (χ0n) is 21.9. The third kappa shape index (κ3) is 12.5. The number of nitrogens with one attached hydrogen (secondary N) is 4. The van der Waals surface area contributed by atoms with E-state index in [0.717, 1.165) is 0 Å². The van der Waals surface area contributed by atoms with Crippen LogP contribution in [0.3, 0.4) is 0 Å². The van der Waals surface area contributed by atoms with Gasteiger partial charge < -0.3 is 42.3 Å². The topological polar surface area (TPSA) is 237 Å². The van der Waals surface area contributed by atoms with E-state index in [1.165, 1.54) is 6.92 Å². The van der Waals surface area contributed by atoms with Crippen molar-refractivity contribution in [1.82, 2.24) is 21.3 Å². The Kier molecular flexibility index (Phi) is 15.0. The van der Waals surface area contributed by atoms with E-state index in [2.05, 4.69) is 21.3 Å². The van der Waals surface area contributed by atoms with Crippen LogP contribution in [0.5, 0.6) is 0 Å². The molecule has 0 radical (unpaired) electrons. The predicted molar refractivity (Wildman–Crippen MR) is 132 cm³/mol. The quantitative estimate of drug-likeness (QED) is 0.106. The highest BCUT2D eigenvalue weighted by Gasteiger charge is 2.34. The summed E-state index contributed by atoms with van der Waals surface area (Å²) >= 11 is 0. The van der Waals surface area contributed by atoms with Crippen LogP contribution in [0, 0.1) is 11.8 Å². The number of hydrogen-bond donors (Lipinski definition) is 8. The molecule has 0 aromatic carbocycles. The SMILES string of the molecule is CC[C@H](C)[C@H](NC(=O)[C@@H](NC(=O)[C@H](CC(C)C)NC(=O)[C@H](CCC(=O)O)NC(=O)CN)[C@@H](C)O)C(=O)O. The van der Waals surface area contributed by atoms with Gasteiger partial charge in [0.1, 0.15) is 24.2 Å². The van der Waals surface area contributed by atoms with Gasteiger partial charge in [-0.15, -0.1) is 0 Å². The average Bonchev–Trinajstić information content (AvgIpc) is 2.80. The molecule has 0 bridgehead atoms. The highest BCUT2D eigenvalue weighted by atomic mass is 16.4. The molecule has 212 valence electrons. The summed E-state index contributed by atoms with van der Waals surface area (Å²) in [6.07, 6.45) is -1.54. The Hall–Kier alpha value is -3.26. The van der Waals surface area contributed by atoms with Crippen molar-refractivity contribution in [2.24, 2.45) is 17.6 Å². The van der Waals surface area contributed by atoms with Crippen LogP contribution in [0.4, 0.5) is 0 Å². The second-order valence-electron chi connectivity index (χ2n) is 9.38. The summed E-state index contributed by atoms with van der Waals surface area (Å²) in [5, 5.41) is 38.0. The second-order valence-corrected chi connectivity index (χ2v) is 9.38. The van der Waals surface area contributed by atoms with Gasteiger partial charge in [-0.25, -0.2) is 4.79 Å². The van der Waals surface area contributed by atoms with Crippen LogP contribution < -0.4 is 27.0 Å². The van der Waals surface area contributed by atoms with Crippen molar-refractivity contribution >= 4 is 35.6 Å². The fourth-order valence-corrected chi connectivity index (χ4v) is 3.35. The minimum Gasteiger partial charge on any atom is -0.481 e. The second kappa shape index (κ2) is 16.5. The molecule has 0 rings (SSSR count). The van der Waals surface area contributed by atoms with Crippen molar-refractivity contribution < 1.29 is 44.1 Å². The number of aliphatic hydroxyl groups excluding tert-OH is 1. The van der Waals surface area contributed by atoms with E-state index in [-0.39, 0.29) is 18.8 Å². The van der Waals surface area contributed by atoms with Crippen molar-refractivity contribution in [2.75, 3.05) is 6.54 Å². The Balaban J connectivity index is 5.73. The highest BCUT2D eigenvalue weighted by molar-refractivity contribution is 5.95. The Morgan fingerprint density at radius 1 is 0.784 bits per heavy atom. The van der Waals surface area contributed by atoms with Gasteiger partial charge in [0.05, 0.1) is 12.6 Å². The summed E-state index contributed by atoms with van der Waals surface area (Å²) in [6, 6.07) is -5.27. The first-order valence-electron chi connectivity index (χ1n) is 12.2. The number of hydrogen-bond acceptors (Lipinski definition) is 8. The largest absolute Gasteiger partial charge is 0.481 e. The van der Waals surface area contributed by atoms with Gasteiger partial charge in [-0.2, -0.15) is 0 Å². The van der Waals surface area contributed by atoms with E-state index >= 15 is 0 Å². The minimum absolute atomic E-state index is 0.104. The summed E-state index contributed by atoms with van der Waals surface area (Å²) in [6.45, 7) is 7.73. The molecule has 0 aliphatic carbocycles. The summed E-state index contributed by atoms with van der Waals surface area (Å²) < 4.78 is 0. The lowest BCUT2D eigenvalue weighted by Crippen LogP contribution is -2.61. The molecule has 0 aliphatic heterocycles. The lowest BCUT2D eigenvalue weighted by atomic mass is 9.98. The van der Waals surface area contributed by atoms with Gasteiger partial charge in [0.25, 0.3) is 0 Å². The molecule has 14 heteroatoms. The van der Waals surface area contributed by atoms with E-state index in [0.29, 0.717) is 6.42 Å². The molecule has 0 aliphatic rings. The molecule has 0 aromatic heterocycles. The number of aliphatic hydroxyl groups is 1. The summed E-state index contributed by atoms with van der Waals surface area (Å²) in [5.74, 6) is -6.28. The third-order valence-electron chi connectivity index (χ3n) is 5.66. The third-order valence-corrected chi connectivity index (χ3v) is 5.66. The number of nitrogens with two attached hydrogens (primary N) is 1. The van der Waals surface area contributed by atoms with Crippen LogP contribution in [-0.2, 0) is 28.8 Å². The molecule has 0 saturated carbocycles.